The number of aromatic nitrogens is 2. The molecular formula is C19H24FN5O. The first-order valence-electron chi connectivity index (χ1n) is 8.97. The van der Waals surface area contributed by atoms with Gasteiger partial charge in [0.2, 0.25) is 5.95 Å². The average molecular weight is 357 g/mol. The number of amides is 1. The molecule has 138 valence electrons. The minimum absolute atomic E-state index is 0.177. The third-order valence-corrected chi connectivity index (χ3v) is 4.37. The second-order valence-electron chi connectivity index (χ2n) is 6.38. The first-order valence-corrected chi connectivity index (χ1v) is 8.97. The Morgan fingerprint density at radius 3 is 2.54 bits per heavy atom. The lowest BCUT2D eigenvalue weighted by Crippen LogP contribution is -2.47. The monoisotopic (exact) mass is 357 g/mol. The van der Waals surface area contributed by atoms with Crippen LogP contribution < -0.4 is 15.1 Å². The molecule has 1 fully saturated rings. The zero-order chi connectivity index (χ0) is 18.5. The molecule has 1 N–H and O–H groups in total. The van der Waals surface area contributed by atoms with Gasteiger partial charge in [0.05, 0.1) is 5.69 Å². The normalized spacial score (nSPS) is 14.4. The van der Waals surface area contributed by atoms with Gasteiger partial charge in [-0.1, -0.05) is 19.1 Å². The van der Waals surface area contributed by atoms with E-state index in [-0.39, 0.29) is 11.7 Å². The Hall–Kier alpha value is -2.70. The molecule has 0 unspecified atom stereocenters. The average Bonchev–Trinajstić information content (AvgIpc) is 2.66. The fourth-order valence-corrected chi connectivity index (χ4v) is 3.00. The van der Waals surface area contributed by atoms with Crippen molar-refractivity contribution in [1.82, 2.24) is 15.3 Å². The van der Waals surface area contributed by atoms with E-state index in [1.807, 2.05) is 29.7 Å². The van der Waals surface area contributed by atoms with E-state index in [9.17, 15) is 9.18 Å². The molecule has 0 aliphatic carbocycles. The standard InChI is InChI=1S/C19H24FN5O/c1-3-8-21-18(26)16-13-14(2)22-19(23-16)25-11-9-24(10-12-25)17-7-5-4-6-15(17)20/h4-7,13H,3,8-12H2,1-2H3,(H,21,26). The number of anilines is 2. The predicted molar refractivity (Wildman–Crippen MR) is 100 cm³/mol. The molecule has 0 spiro atoms. The van der Waals surface area contributed by atoms with Gasteiger partial charge in [0.25, 0.3) is 5.91 Å². The van der Waals surface area contributed by atoms with E-state index in [0.717, 1.165) is 12.1 Å². The number of benzene rings is 1. The predicted octanol–water partition coefficient (Wildman–Crippen LogP) is 2.39. The van der Waals surface area contributed by atoms with Crippen molar-refractivity contribution < 1.29 is 9.18 Å². The summed E-state index contributed by atoms with van der Waals surface area (Å²) < 4.78 is 14.0. The summed E-state index contributed by atoms with van der Waals surface area (Å²) in [5.41, 5.74) is 1.77. The smallest absolute Gasteiger partial charge is 0.270 e. The summed E-state index contributed by atoms with van der Waals surface area (Å²) in [7, 11) is 0. The topological polar surface area (TPSA) is 61.4 Å². The summed E-state index contributed by atoms with van der Waals surface area (Å²) in [4.78, 5) is 25.2. The number of piperazine rings is 1. The Morgan fingerprint density at radius 2 is 1.85 bits per heavy atom. The lowest BCUT2D eigenvalue weighted by molar-refractivity contribution is 0.0948. The fourth-order valence-electron chi connectivity index (χ4n) is 3.00. The summed E-state index contributed by atoms with van der Waals surface area (Å²) in [6, 6.07) is 8.51. The third-order valence-electron chi connectivity index (χ3n) is 4.37. The molecule has 6 nitrogen and oxygen atoms in total. The molecule has 7 heteroatoms. The van der Waals surface area contributed by atoms with Gasteiger partial charge < -0.3 is 15.1 Å². The lowest BCUT2D eigenvalue weighted by Gasteiger charge is -2.36. The summed E-state index contributed by atoms with van der Waals surface area (Å²) in [5, 5.41) is 2.84. The lowest BCUT2D eigenvalue weighted by atomic mass is 10.2. The number of carbonyl (C=O) groups excluding carboxylic acids is 1. The number of carbonyl (C=O) groups is 1. The van der Waals surface area contributed by atoms with E-state index in [1.54, 1.807) is 18.2 Å². The summed E-state index contributed by atoms with van der Waals surface area (Å²) in [5.74, 6) is 0.172. The van der Waals surface area contributed by atoms with Crippen LogP contribution in [0.5, 0.6) is 0 Å². The molecule has 3 rings (SSSR count). The number of hydrogen-bond acceptors (Lipinski definition) is 5. The number of aryl methyl sites for hydroxylation is 1. The van der Waals surface area contributed by atoms with Crippen LogP contribution >= 0.6 is 0 Å². The van der Waals surface area contributed by atoms with Crippen molar-refractivity contribution in [3.63, 3.8) is 0 Å². The summed E-state index contributed by atoms with van der Waals surface area (Å²) in [6.45, 7) is 7.19. The quantitative estimate of drug-likeness (QED) is 0.890. The van der Waals surface area contributed by atoms with Gasteiger partial charge in [-0.25, -0.2) is 14.4 Å². The van der Waals surface area contributed by atoms with E-state index in [4.69, 9.17) is 0 Å². The van der Waals surface area contributed by atoms with E-state index >= 15 is 0 Å². The highest BCUT2D eigenvalue weighted by molar-refractivity contribution is 5.92. The van der Waals surface area contributed by atoms with Crippen LogP contribution in [-0.4, -0.2) is 48.6 Å². The second-order valence-corrected chi connectivity index (χ2v) is 6.38. The molecule has 0 saturated carbocycles. The van der Waals surface area contributed by atoms with Crippen molar-refractivity contribution in [2.24, 2.45) is 0 Å². The SMILES string of the molecule is CCCNC(=O)c1cc(C)nc(N2CCN(c3ccccc3F)CC2)n1. The van der Waals surface area contributed by atoms with Crippen LogP contribution in [0.1, 0.15) is 29.5 Å². The Balaban J connectivity index is 1.70. The molecule has 0 bridgehead atoms. The van der Waals surface area contributed by atoms with Gasteiger partial charge in [-0.05, 0) is 31.5 Å². The zero-order valence-electron chi connectivity index (χ0n) is 15.2. The van der Waals surface area contributed by atoms with E-state index < -0.39 is 0 Å². The molecule has 1 amide bonds. The number of nitrogens with one attached hydrogen (secondary N) is 1. The zero-order valence-corrected chi connectivity index (χ0v) is 15.2. The Labute approximate surface area is 153 Å². The number of nitrogens with zero attached hydrogens (tertiary/aromatic N) is 4. The summed E-state index contributed by atoms with van der Waals surface area (Å²) in [6.07, 6.45) is 0.876. The number of para-hydroxylation sites is 1. The van der Waals surface area contributed by atoms with Crippen LogP contribution in [0.25, 0.3) is 0 Å². The maximum Gasteiger partial charge on any atom is 0.270 e. The second kappa shape index (κ2) is 8.12. The highest BCUT2D eigenvalue weighted by Crippen LogP contribution is 2.21. The molecule has 1 aliphatic heterocycles. The molecule has 0 radical (unpaired) electrons. The largest absolute Gasteiger partial charge is 0.366 e. The van der Waals surface area contributed by atoms with Crippen LogP contribution in [0, 0.1) is 12.7 Å². The van der Waals surface area contributed by atoms with Gasteiger partial charge in [0.1, 0.15) is 11.5 Å². The highest BCUT2D eigenvalue weighted by atomic mass is 19.1. The van der Waals surface area contributed by atoms with Crippen LogP contribution in [0.4, 0.5) is 16.0 Å². The van der Waals surface area contributed by atoms with Crippen molar-refractivity contribution >= 4 is 17.5 Å². The van der Waals surface area contributed by atoms with Crippen molar-refractivity contribution in [1.29, 1.82) is 0 Å². The van der Waals surface area contributed by atoms with Gasteiger partial charge in [-0.2, -0.15) is 0 Å². The van der Waals surface area contributed by atoms with Crippen molar-refractivity contribution in [3.8, 4) is 0 Å². The molecule has 1 aromatic carbocycles. The van der Waals surface area contributed by atoms with Gasteiger partial charge in [-0.3, -0.25) is 4.79 Å². The van der Waals surface area contributed by atoms with Gasteiger partial charge in [0, 0.05) is 38.4 Å². The van der Waals surface area contributed by atoms with Crippen molar-refractivity contribution in [3.05, 3.63) is 47.5 Å². The van der Waals surface area contributed by atoms with Crippen LogP contribution in [0.3, 0.4) is 0 Å². The first-order chi connectivity index (χ1) is 12.6. The molecule has 1 saturated heterocycles. The first kappa shape index (κ1) is 18.1. The summed E-state index contributed by atoms with van der Waals surface area (Å²) >= 11 is 0. The number of hydrogen-bond donors (Lipinski definition) is 1. The Kier molecular flexibility index (Phi) is 5.65. The maximum absolute atomic E-state index is 14.0. The molecular weight excluding hydrogens is 333 g/mol. The minimum Gasteiger partial charge on any atom is -0.366 e. The van der Waals surface area contributed by atoms with Crippen LogP contribution in [0.15, 0.2) is 30.3 Å². The van der Waals surface area contributed by atoms with Crippen molar-refractivity contribution in [2.45, 2.75) is 20.3 Å². The van der Waals surface area contributed by atoms with Crippen LogP contribution in [0.2, 0.25) is 0 Å². The van der Waals surface area contributed by atoms with Crippen molar-refractivity contribution in [2.75, 3.05) is 42.5 Å². The van der Waals surface area contributed by atoms with Crippen LogP contribution in [-0.2, 0) is 0 Å². The van der Waals surface area contributed by atoms with Gasteiger partial charge >= 0.3 is 0 Å². The van der Waals surface area contributed by atoms with E-state index in [0.29, 0.717) is 50.1 Å². The molecule has 2 aromatic rings. The maximum atomic E-state index is 14.0. The molecule has 1 aromatic heterocycles. The Morgan fingerprint density at radius 1 is 1.15 bits per heavy atom. The molecule has 0 atom stereocenters. The minimum atomic E-state index is -0.206. The molecule has 26 heavy (non-hydrogen) atoms. The highest BCUT2D eigenvalue weighted by Gasteiger charge is 2.22. The fraction of sp³-hybridized carbons (Fsp3) is 0.421. The van der Waals surface area contributed by atoms with E-state index in [1.165, 1.54) is 6.07 Å². The van der Waals surface area contributed by atoms with Gasteiger partial charge in [0.15, 0.2) is 0 Å². The van der Waals surface area contributed by atoms with E-state index in [2.05, 4.69) is 15.3 Å². The molecule has 1 aliphatic rings. The molecule has 2 heterocycles. The number of rotatable bonds is 5. The number of halogens is 1. The Bertz CT molecular complexity index is 774. The van der Waals surface area contributed by atoms with Gasteiger partial charge in [-0.15, -0.1) is 0 Å². The third kappa shape index (κ3) is 4.09.